The van der Waals surface area contributed by atoms with Crippen LogP contribution in [0, 0.1) is 13.8 Å². The standard InChI is InChI=1S/C13H24N4O/c1-5-7-14-12-10(2)13(17-11(3)16-12)15-8-6-9-18-4/h5-9H2,1-4H3,(H2,14,15,16,17). The first kappa shape index (κ1) is 14.7. The zero-order valence-corrected chi connectivity index (χ0v) is 11.8. The molecule has 1 rings (SSSR count). The van der Waals surface area contributed by atoms with Crippen molar-refractivity contribution in [1.29, 1.82) is 0 Å². The van der Waals surface area contributed by atoms with Crippen LogP contribution in [0.1, 0.15) is 31.2 Å². The van der Waals surface area contributed by atoms with Crippen molar-refractivity contribution in [3.05, 3.63) is 11.4 Å². The van der Waals surface area contributed by atoms with Crippen LogP contribution in [-0.4, -0.2) is 36.8 Å². The summed E-state index contributed by atoms with van der Waals surface area (Å²) in [5.74, 6) is 2.63. The average Bonchev–Trinajstić information content (AvgIpc) is 2.36. The number of aryl methyl sites for hydroxylation is 1. The summed E-state index contributed by atoms with van der Waals surface area (Å²) in [6, 6.07) is 0. The molecule has 1 aromatic rings. The van der Waals surface area contributed by atoms with E-state index in [2.05, 4.69) is 27.5 Å². The second-order valence-corrected chi connectivity index (χ2v) is 4.29. The Hall–Kier alpha value is -1.36. The smallest absolute Gasteiger partial charge is 0.134 e. The van der Waals surface area contributed by atoms with Crippen LogP contribution in [0.2, 0.25) is 0 Å². The van der Waals surface area contributed by atoms with Crippen molar-refractivity contribution in [3.63, 3.8) is 0 Å². The fourth-order valence-electron chi connectivity index (χ4n) is 1.64. The van der Waals surface area contributed by atoms with Crippen LogP contribution >= 0.6 is 0 Å². The number of nitrogens with zero attached hydrogens (tertiary/aromatic N) is 2. The lowest BCUT2D eigenvalue weighted by molar-refractivity contribution is 0.197. The number of hydrogen-bond acceptors (Lipinski definition) is 5. The van der Waals surface area contributed by atoms with Gasteiger partial charge in [-0.05, 0) is 26.7 Å². The Kier molecular flexibility index (Phi) is 6.43. The van der Waals surface area contributed by atoms with Crippen molar-refractivity contribution in [1.82, 2.24) is 9.97 Å². The highest BCUT2D eigenvalue weighted by Crippen LogP contribution is 2.19. The molecule has 5 nitrogen and oxygen atoms in total. The highest BCUT2D eigenvalue weighted by molar-refractivity contribution is 5.57. The van der Waals surface area contributed by atoms with Crippen molar-refractivity contribution in [2.45, 2.75) is 33.6 Å². The molecule has 102 valence electrons. The van der Waals surface area contributed by atoms with Crippen LogP contribution in [0.15, 0.2) is 0 Å². The van der Waals surface area contributed by atoms with Crippen LogP contribution < -0.4 is 10.6 Å². The molecule has 0 unspecified atom stereocenters. The second-order valence-electron chi connectivity index (χ2n) is 4.29. The van der Waals surface area contributed by atoms with E-state index in [-0.39, 0.29) is 0 Å². The van der Waals surface area contributed by atoms with Crippen molar-refractivity contribution in [2.75, 3.05) is 37.4 Å². The highest BCUT2D eigenvalue weighted by Gasteiger charge is 2.07. The van der Waals surface area contributed by atoms with E-state index in [1.807, 2.05) is 13.8 Å². The van der Waals surface area contributed by atoms with Gasteiger partial charge in [-0.3, -0.25) is 0 Å². The monoisotopic (exact) mass is 252 g/mol. The van der Waals surface area contributed by atoms with E-state index < -0.39 is 0 Å². The molecule has 1 aromatic heterocycles. The Morgan fingerprint density at radius 2 is 1.67 bits per heavy atom. The quantitative estimate of drug-likeness (QED) is 0.696. The third-order valence-electron chi connectivity index (χ3n) is 2.62. The zero-order valence-electron chi connectivity index (χ0n) is 11.8. The highest BCUT2D eigenvalue weighted by atomic mass is 16.5. The van der Waals surface area contributed by atoms with E-state index >= 15 is 0 Å². The summed E-state index contributed by atoms with van der Waals surface area (Å²) in [6.07, 6.45) is 2.05. The molecular formula is C13H24N4O. The van der Waals surface area contributed by atoms with Crippen molar-refractivity contribution in [3.8, 4) is 0 Å². The summed E-state index contributed by atoms with van der Waals surface area (Å²) in [5.41, 5.74) is 1.08. The predicted octanol–water partition coefficient (Wildman–Crippen LogP) is 2.36. The van der Waals surface area contributed by atoms with Gasteiger partial charge < -0.3 is 15.4 Å². The van der Waals surface area contributed by atoms with Crippen LogP contribution in [0.4, 0.5) is 11.6 Å². The molecule has 0 aromatic carbocycles. The molecular weight excluding hydrogens is 228 g/mol. The van der Waals surface area contributed by atoms with Crippen LogP contribution in [-0.2, 0) is 4.74 Å². The minimum atomic E-state index is 0.761. The SMILES string of the molecule is CCCNc1nc(C)nc(NCCCOC)c1C. The topological polar surface area (TPSA) is 59.1 Å². The number of hydrogen-bond donors (Lipinski definition) is 2. The fourth-order valence-corrected chi connectivity index (χ4v) is 1.64. The Bertz CT molecular complexity index is 368. The summed E-state index contributed by atoms with van der Waals surface area (Å²) in [7, 11) is 1.72. The number of anilines is 2. The molecule has 0 spiro atoms. The Morgan fingerprint density at radius 3 is 2.22 bits per heavy atom. The van der Waals surface area contributed by atoms with Crippen molar-refractivity contribution in [2.24, 2.45) is 0 Å². The van der Waals surface area contributed by atoms with Gasteiger partial charge in [-0.25, -0.2) is 9.97 Å². The van der Waals surface area contributed by atoms with Gasteiger partial charge in [-0.2, -0.15) is 0 Å². The Balaban J connectivity index is 2.68. The van der Waals surface area contributed by atoms with Gasteiger partial charge in [0.15, 0.2) is 0 Å². The van der Waals surface area contributed by atoms with Gasteiger partial charge in [-0.15, -0.1) is 0 Å². The lowest BCUT2D eigenvalue weighted by atomic mass is 10.3. The second kappa shape index (κ2) is 7.87. The Morgan fingerprint density at radius 1 is 1.06 bits per heavy atom. The molecule has 2 N–H and O–H groups in total. The van der Waals surface area contributed by atoms with Gasteiger partial charge >= 0.3 is 0 Å². The van der Waals surface area contributed by atoms with E-state index in [1.54, 1.807) is 7.11 Å². The van der Waals surface area contributed by atoms with Gasteiger partial charge in [0.1, 0.15) is 17.5 Å². The Labute approximate surface area is 109 Å². The minimum Gasteiger partial charge on any atom is -0.385 e. The van der Waals surface area contributed by atoms with E-state index in [0.29, 0.717) is 0 Å². The molecule has 0 fully saturated rings. The minimum absolute atomic E-state index is 0.761. The first-order valence-electron chi connectivity index (χ1n) is 6.51. The maximum Gasteiger partial charge on any atom is 0.134 e. The third-order valence-corrected chi connectivity index (χ3v) is 2.62. The van der Waals surface area contributed by atoms with Crippen molar-refractivity contribution < 1.29 is 4.74 Å². The molecule has 5 heteroatoms. The van der Waals surface area contributed by atoms with Gasteiger partial charge in [0.05, 0.1) is 0 Å². The summed E-state index contributed by atoms with van der Waals surface area (Å²) < 4.78 is 5.03. The number of ether oxygens (including phenoxy) is 1. The number of rotatable bonds is 8. The van der Waals surface area contributed by atoms with E-state index in [1.165, 1.54) is 0 Å². The summed E-state index contributed by atoms with van der Waals surface area (Å²) in [5, 5.41) is 6.66. The van der Waals surface area contributed by atoms with Gasteiger partial charge in [-0.1, -0.05) is 6.92 Å². The van der Waals surface area contributed by atoms with Gasteiger partial charge in [0.25, 0.3) is 0 Å². The summed E-state index contributed by atoms with van der Waals surface area (Å²) >= 11 is 0. The number of aromatic nitrogens is 2. The van der Waals surface area contributed by atoms with E-state index in [4.69, 9.17) is 4.74 Å². The zero-order chi connectivity index (χ0) is 13.4. The molecule has 0 bridgehead atoms. The summed E-state index contributed by atoms with van der Waals surface area (Å²) in [4.78, 5) is 8.86. The molecule has 0 atom stereocenters. The van der Waals surface area contributed by atoms with Crippen molar-refractivity contribution >= 4 is 11.6 Å². The molecule has 0 saturated heterocycles. The lowest BCUT2D eigenvalue weighted by Crippen LogP contribution is -2.12. The molecule has 0 amide bonds. The number of nitrogens with one attached hydrogen (secondary N) is 2. The largest absolute Gasteiger partial charge is 0.385 e. The molecule has 0 aliphatic rings. The maximum absolute atomic E-state index is 5.03. The average molecular weight is 252 g/mol. The molecule has 1 heterocycles. The lowest BCUT2D eigenvalue weighted by Gasteiger charge is -2.13. The maximum atomic E-state index is 5.03. The third kappa shape index (κ3) is 4.49. The first-order chi connectivity index (χ1) is 8.69. The van der Waals surface area contributed by atoms with Crippen LogP contribution in [0.5, 0.6) is 0 Å². The molecule has 0 aliphatic heterocycles. The first-order valence-corrected chi connectivity index (χ1v) is 6.51. The van der Waals surface area contributed by atoms with Crippen LogP contribution in [0.25, 0.3) is 0 Å². The molecule has 0 aliphatic carbocycles. The van der Waals surface area contributed by atoms with Gasteiger partial charge in [0.2, 0.25) is 0 Å². The van der Waals surface area contributed by atoms with E-state index in [9.17, 15) is 0 Å². The van der Waals surface area contributed by atoms with E-state index in [0.717, 1.165) is 55.6 Å². The fraction of sp³-hybridized carbons (Fsp3) is 0.692. The van der Waals surface area contributed by atoms with Gasteiger partial charge in [0, 0.05) is 32.4 Å². The number of methoxy groups -OCH3 is 1. The molecule has 18 heavy (non-hydrogen) atoms. The normalized spacial score (nSPS) is 10.4. The predicted molar refractivity (Wildman–Crippen MR) is 75.3 cm³/mol. The van der Waals surface area contributed by atoms with Crippen LogP contribution in [0.3, 0.4) is 0 Å². The summed E-state index contributed by atoms with van der Waals surface area (Å²) in [6.45, 7) is 8.64. The molecule has 0 saturated carbocycles. The molecule has 0 radical (unpaired) electrons.